The van der Waals surface area contributed by atoms with Crippen molar-refractivity contribution in [3.05, 3.63) is 59.4 Å². The fraction of sp³-hybridized carbons (Fsp3) is 0.217. The number of methoxy groups -OCH3 is 3. The Hall–Kier alpha value is -4.14. The molecule has 0 saturated carbocycles. The van der Waals surface area contributed by atoms with Gasteiger partial charge in [-0.2, -0.15) is 0 Å². The number of carboxylic acids is 1. The summed E-state index contributed by atoms with van der Waals surface area (Å²) in [6.45, 7) is 0. The summed E-state index contributed by atoms with van der Waals surface area (Å²) in [5.74, 6) is -0.712. The van der Waals surface area contributed by atoms with Crippen LogP contribution >= 0.6 is 0 Å². The molecule has 0 aliphatic carbocycles. The molecular formula is C23H22N2O7. The molecule has 1 aliphatic heterocycles. The summed E-state index contributed by atoms with van der Waals surface area (Å²) in [5.41, 5.74) is 1.99. The smallest absolute Gasteiger partial charge is 0.339 e. The van der Waals surface area contributed by atoms with E-state index in [1.807, 2.05) is 0 Å². The van der Waals surface area contributed by atoms with Gasteiger partial charge < -0.3 is 34.3 Å². The minimum absolute atomic E-state index is 0.0344. The Morgan fingerprint density at radius 2 is 1.81 bits per heavy atom. The number of aromatic hydroxyl groups is 1. The van der Waals surface area contributed by atoms with Crippen molar-refractivity contribution in [2.45, 2.75) is 12.3 Å². The van der Waals surface area contributed by atoms with Gasteiger partial charge in [-0.1, -0.05) is 6.07 Å². The first-order valence-corrected chi connectivity index (χ1v) is 9.75. The lowest BCUT2D eigenvalue weighted by Crippen LogP contribution is -2.25. The standard InChI is InChI=1S/C23H22N2O7/c1-30-13-5-7-18(31-2)16(9-13)25-11-15(23(28)29)21-22(25)14(10-20(27)24-21)12-4-6-17(26)19(8-12)32-3/h4-9,11,14,26H,10H2,1-3H3,(H,24,27)(H,28,29)/t14-/m0/s1. The number of hydrogen-bond donors (Lipinski definition) is 3. The minimum Gasteiger partial charge on any atom is -0.504 e. The van der Waals surface area contributed by atoms with Gasteiger partial charge in [0.2, 0.25) is 5.91 Å². The van der Waals surface area contributed by atoms with Gasteiger partial charge in [0, 0.05) is 24.6 Å². The van der Waals surface area contributed by atoms with Gasteiger partial charge in [-0.05, 0) is 29.8 Å². The van der Waals surface area contributed by atoms with Gasteiger partial charge in [-0.3, -0.25) is 4.79 Å². The minimum atomic E-state index is -1.17. The highest BCUT2D eigenvalue weighted by Gasteiger charge is 2.35. The van der Waals surface area contributed by atoms with E-state index >= 15 is 0 Å². The van der Waals surface area contributed by atoms with Crippen molar-refractivity contribution in [2.24, 2.45) is 0 Å². The number of nitrogens with one attached hydrogen (secondary N) is 1. The molecule has 3 N–H and O–H groups in total. The van der Waals surface area contributed by atoms with Crippen molar-refractivity contribution in [1.82, 2.24) is 4.57 Å². The van der Waals surface area contributed by atoms with Crippen LogP contribution in [-0.4, -0.2) is 48.0 Å². The molecule has 2 heterocycles. The molecule has 4 rings (SSSR count). The lowest BCUT2D eigenvalue weighted by molar-refractivity contribution is -0.116. The molecule has 0 saturated heterocycles. The molecule has 9 heteroatoms. The molecule has 0 bridgehead atoms. The number of carbonyl (C=O) groups excluding carboxylic acids is 1. The number of aromatic nitrogens is 1. The average Bonchev–Trinajstić information content (AvgIpc) is 3.17. The second kappa shape index (κ2) is 8.18. The van der Waals surface area contributed by atoms with Gasteiger partial charge in [0.25, 0.3) is 0 Å². The lowest BCUT2D eigenvalue weighted by Gasteiger charge is -2.27. The number of ether oxygens (including phenoxy) is 3. The quantitative estimate of drug-likeness (QED) is 0.540. The van der Waals surface area contributed by atoms with E-state index in [-0.39, 0.29) is 35.1 Å². The normalized spacial score (nSPS) is 15.0. The van der Waals surface area contributed by atoms with E-state index in [9.17, 15) is 19.8 Å². The second-order valence-corrected chi connectivity index (χ2v) is 7.25. The van der Waals surface area contributed by atoms with Gasteiger partial charge in [-0.25, -0.2) is 4.79 Å². The summed E-state index contributed by atoms with van der Waals surface area (Å²) >= 11 is 0. The number of carboxylic acid groups (broad SMARTS) is 1. The van der Waals surface area contributed by atoms with Crippen LogP contribution in [-0.2, 0) is 4.79 Å². The first kappa shape index (κ1) is 21.1. The molecule has 32 heavy (non-hydrogen) atoms. The number of nitrogens with zero attached hydrogens (tertiary/aromatic N) is 1. The number of amides is 1. The molecule has 0 unspecified atom stereocenters. The predicted molar refractivity (Wildman–Crippen MR) is 116 cm³/mol. The molecule has 9 nitrogen and oxygen atoms in total. The van der Waals surface area contributed by atoms with E-state index in [1.165, 1.54) is 33.6 Å². The number of phenolic OH excluding ortho intramolecular Hbond substituents is 1. The Morgan fingerprint density at radius 3 is 2.47 bits per heavy atom. The van der Waals surface area contributed by atoms with E-state index in [1.54, 1.807) is 34.9 Å². The topological polar surface area (TPSA) is 119 Å². The van der Waals surface area contributed by atoms with Gasteiger partial charge in [0.1, 0.15) is 17.1 Å². The van der Waals surface area contributed by atoms with Crippen molar-refractivity contribution < 1.29 is 34.0 Å². The number of rotatable bonds is 6. The van der Waals surface area contributed by atoms with Crippen LogP contribution in [0.3, 0.4) is 0 Å². The van der Waals surface area contributed by atoms with Crippen LogP contribution in [0.25, 0.3) is 5.69 Å². The third-order valence-electron chi connectivity index (χ3n) is 5.51. The van der Waals surface area contributed by atoms with E-state index in [2.05, 4.69) is 5.32 Å². The molecule has 1 amide bonds. The lowest BCUT2D eigenvalue weighted by atomic mass is 9.88. The third kappa shape index (κ3) is 3.47. The zero-order chi connectivity index (χ0) is 23.0. The number of carbonyl (C=O) groups is 2. The fourth-order valence-corrected chi connectivity index (χ4v) is 4.00. The number of anilines is 1. The van der Waals surface area contributed by atoms with Gasteiger partial charge >= 0.3 is 5.97 Å². The van der Waals surface area contributed by atoms with Crippen molar-refractivity contribution in [2.75, 3.05) is 26.6 Å². The van der Waals surface area contributed by atoms with Crippen LogP contribution in [0, 0.1) is 0 Å². The van der Waals surface area contributed by atoms with E-state index in [0.717, 1.165) is 0 Å². The Morgan fingerprint density at radius 1 is 1.06 bits per heavy atom. The maximum absolute atomic E-state index is 12.5. The molecule has 166 valence electrons. The number of benzene rings is 2. The van der Waals surface area contributed by atoms with Crippen LogP contribution in [0.5, 0.6) is 23.0 Å². The molecule has 0 radical (unpaired) electrons. The zero-order valence-corrected chi connectivity index (χ0v) is 17.7. The SMILES string of the molecule is COc1ccc(OC)c(-n2cc(C(=O)O)c3c2[C@H](c2ccc(O)c(OC)c2)CC(=O)N3)c1. The van der Waals surface area contributed by atoms with E-state index < -0.39 is 11.9 Å². The maximum Gasteiger partial charge on any atom is 0.339 e. The monoisotopic (exact) mass is 438 g/mol. The van der Waals surface area contributed by atoms with Gasteiger partial charge in [-0.15, -0.1) is 0 Å². The summed E-state index contributed by atoms with van der Waals surface area (Å²) in [7, 11) is 4.48. The highest BCUT2D eigenvalue weighted by atomic mass is 16.5. The van der Waals surface area contributed by atoms with Crippen molar-refractivity contribution in [3.8, 4) is 28.7 Å². The number of hydrogen-bond acceptors (Lipinski definition) is 6. The van der Waals surface area contributed by atoms with Gasteiger partial charge in [0.05, 0.1) is 38.4 Å². The first-order chi connectivity index (χ1) is 15.4. The first-order valence-electron chi connectivity index (χ1n) is 9.75. The maximum atomic E-state index is 12.5. The summed E-state index contributed by atoms with van der Waals surface area (Å²) in [4.78, 5) is 24.6. The summed E-state index contributed by atoms with van der Waals surface area (Å²) in [5, 5.41) is 22.5. The molecule has 1 atom stereocenters. The Balaban J connectivity index is 2.01. The summed E-state index contributed by atoms with van der Waals surface area (Å²) < 4.78 is 17.8. The van der Waals surface area contributed by atoms with E-state index in [4.69, 9.17) is 14.2 Å². The highest BCUT2D eigenvalue weighted by molar-refractivity contribution is 6.04. The van der Waals surface area contributed by atoms with Crippen molar-refractivity contribution >= 4 is 17.6 Å². The van der Waals surface area contributed by atoms with Crippen LogP contribution in [0.15, 0.2) is 42.6 Å². The fourth-order valence-electron chi connectivity index (χ4n) is 4.00. The molecule has 0 fully saturated rings. The van der Waals surface area contributed by atoms with Gasteiger partial charge in [0.15, 0.2) is 11.5 Å². The number of phenols is 1. The molecule has 1 aromatic heterocycles. The second-order valence-electron chi connectivity index (χ2n) is 7.25. The average molecular weight is 438 g/mol. The van der Waals surface area contributed by atoms with Crippen molar-refractivity contribution in [1.29, 1.82) is 0 Å². The Bertz CT molecular complexity index is 1220. The van der Waals surface area contributed by atoms with Crippen LogP contribution in [0.2, 0.25) is 0 Å². The largest absolute Gasteiger partial charge is 0.504 e. The van der Waals surface area contributed by atoms with Crippen LogP contribution in [0.1, 0.15) is 34.0 Å². The molecule has 3 aromatic rings. The number of fused-ring (bicyclic) bond motifs is 1. The molecular weight excluding hydrogens is 416 g/mol. The van der Waals surface area contributed by atoms with Crippen molar-refractivity contribution in [3.63, 3.8) is 0 Å². The molecule has 0 spiro atoms. The van der Waals surface area contributed by atoms with E-state index in [0.29, 0.717) is 28.4 Å². The summed E-state index contributed by atoms with van der Waals surface area (Å²) in [6, 6.07) is 10.0. The third-order valence-corrected chi connectivity index (χ3v) is 5.51. The summed E-state index contributed by atoms with van der Waals surface area (Å²) in [6.07, 6.45) is 1.54. The van der Waals surface area contributed by atoms with Crippen LogP contribution < -0.4 is 19.5 Å². The molecule has 1 aliphatic rings. The molecule has 2 aromatic carbocycles. The number of aromatic carboxylic acids is 1. The highest BCUT2D eigenvalue weighted by Crippen LogP contribution is 2.44. The zero-order valence-electron chi connectivity index (χ0n) is 17.7. The van der Waals surface area contributed by atoms with Crippen LogP contribution in [0.4, 0.5) is 5.69 Å². The Kier molecular flexibility index (Phi) is 5.40. The Labute approximate surface area is 183 Å². The predicted octanol–water partition coefficient (Wildman–Crippen LogP) is 3.38.